The lowest BCUT2D eigenvalue weighted by Crippen LogP contribution is -2.14. The summed E-state index contributed by atoms with van der Waals surface area (Å²) in [7, 11) is 0. The van der Waals surface area contributed by atoms with E-state index in [9.17, 15) is 14.4 Å². The van der Waals surface area contributed by atoms with Crippen LogP contribution >= 0.6 is 11.6 Å². The molecule has 0 saturated carbocycles. The molecule has 7 heteroatoms. The molecule has 0 aliphatic rings. The number of nitrogens with one attached hydrogen (secondary N) is 2. The Morgan fingerprint density at radius 2 is 1.96 bits per heavy atom. The van der Waals surface area contributed by atoms with Gasteiger partial charge in [-0.2, -0.15) is 0 Å². The molecule has 0 spiro atoms. The number of aryl methyl sites for hydroxylation is 1. The maximum Gasteiger partial charge on any atom is 0.417 e. The Balaban J connectivity index is 1.63. The van der Waals surface area contributed by atoms with Gasteiger partial charge in [0.05, 0.1) is 5.52 Å². The first-order chi connectivity index (χ1) is 11.9. The third kappa shape index (κ3) is 3.97. The maximum absolute atomic E-state index is 12.2. The number of halogens is 1. The van der Waals surface area contributed by atoms with Gasteiger partial charge in [0.1, 0.15) is 0 Å². The lowest BCUT2D eigenvalue weighted by Gasteiger charge is -2.08. The molecule has 25 heavy (non-hydrogen) atoms. The van der Waals surface area contributed by atoms with Gasteiger partial charge in [-0.3, -0.25) is 14.6 Å². The molecule has 6 nitrogen and oxygen atoms in total. The third-order valence-electron chi connectivity index (χ3n) is 3.80. The van der Waals surface area contributed by atoms with Crippen LogP contribution in [0.3, 0.4) is 0 Å². The summed E-state index contributed by atoms with van der Waals surface area (Å²) in [5, 5.41) is 3.28. The van der Waals surface area contributed by atoms with Crippen LogP contribution in [0.4, 0.5) is 5.69 Å². The summed E-state index contributed by atoms with van der Waals surface area (Å²) in [6, 6.07) is 9.90. The largest absolute Gasteiger partial charge is 0.417 e. The van der Waals surface area contributed by atoms with Gasteiger partial charge in [0, 0.05) is 29.1 Å². The molecule has 0 fully saturated rings. The Labute approximate surface area is 147 Å². The Morgan fingerprint density at radius 1 is 1.16 bits per heavy atom. The van der Waals surface area contributed by atoms with E-state index in [1.165, 1.54) is 6.07 Å². The molecule has 2 N–H and O–H groups in total. The highest BCUT2D eigenvalue weighted by atomic mass is 35.5. The van der Waals surface area contributed by atoms with Crippen molar-refractivity contribution in [3.63, 3.8) is 0 Å². The Hall–Kier alpha value is -2.86. The summed E-state index contributed by atoms with van der Waals surface area (Å²) < 4.78 is 4.93. The molecular weight excluding hydrogens is 344 g/mol. The number of carbonyl (C=O) groups excluding carboxylic acids is 2. The van der Waals surface area contributed by atoms with E-state index >= 15 is 0 Å². The van der Waals surface area contributed by atoms with Crippen LogP contribution in [0, 0.1) is 6.92 Å². The van der Waals surface area contributed by atoms with E-state index in [1.807, 2.05) is 13.0 Å². The number of rotatable bonds is 5. The zero-order valence-corrected chi connectivity index (χ0v) is 14.1. The van der Waals surface area contributed by atoms with Crippen molar-refractivity contribution in [1.82, 2.24) is 4.98 Å². The number of aromatic nitrogens is 1. The van der Waals surface area contributed by atoms with Crippen LogP contribution in [-0.4, -0.2) is 16.7 Å². The van der Waals surface area contributed by atoms with Crippen LogP contribution in [0.25, 0.3) is 11.1 Å². The Bertz CT molecular complexity index is 1020. The average molecular weight is 359 g/mol. The summed E-state index contributed by atoms with van der Waals surface area (Å²) in [6.45, 7) is 1.86. The fourth-order valence-electron chi connectivity index (χ4n) is 2.43. The smallest absolute Gasteiger partial charge is 0.408 e. The zero-order chi connectivity index (χ0) is 18.0. The van der Waals surface area contributed by atoms with Crippen LogP contribution in [-0.2, 0) is 4.79 Å². The van der Waals surface area contributed by atoms with Crippen molar-refractivity contribution in [2.24, 2.45) is 0 Å². The predicted octanol–water partition coefficient (Wildman–Crippen LogP) is 3.68. The molecule has 3 rings (SSSR count). The van der Waals surface area contributed by atoms with Crippen molar-refractivity contribution in [1.29, 1.82) is 0 Å². The first kappa shape index (κ1) is 17.0. The predicted molar refractivity (Wildman–Crippen MR) is 95.2 cm³/mol. The molecule has 1 amide bonds. The van der Waals surface area contributed by atoms with Gasteiger partial charge in [0.15, 0.2) is 11.4 Å². The first-order valence-electron chi connectivity index (χ1n) is 7.64. The second kappa shape index (κ2) is 6.94. The molecule has 0 bridgehead atoms. The molecular formula is C18H15ClN2O4. The summed E-state index contributed by atoms with van der Waals surface area (Å²) in [4.78, 5) is 37.9. The monoisotopic (exact) mass is 358 g/mol. The Kier molecular flexibility index (Phi) is 4.72. The van der Waals surface area contributed by atoms with Crippen molar-refractivity contribution < 1.29 is 14.0 Å². The quantitative estimate of drug-likeness (QED) is 0.680. The number of Topliss-reactive ketones (excluding diaryl/α,β-unsaturated/α-hetero) is 1. The fourth-order valence-corrected chi connectivity index (χ4v) is 2.60. The van der Waals surface area contributed by atoms with Crippen molar-refractivity contribution in [3.8, 4) is 0 Å². The van der Waals surface area contributed by atoms with Crippen LogP contribution in [0.5, 0.6) is 0 Å². The average Bonchev–Trinajstić information content (AvgIpc) is 2.95. The first-order valence-corrected chi connectivity index (χ1v) is 8.02. The number of ketones is 1. The van der Waals surface area contributed by atoms with E-state index in [-0.39, 0.29) is 24.5 Å². The second-order valence-corrected chi connectivity index (χ2v) is 6.09. The van der Waals surface area contributed by atoms with E-state index in [0.717, 1.165) is 5.56 Å². The normalized spacial score (nSPS) is 10.8. The lowest BCUT2D eigenvalue weighted by molar-refractivity contribution is -0.116. The molecule has 1 aromatic heterocycles. The van der Waals surface area contributed by atoms with Crippen molar-refractivity contribution >= 4 is 40.1 Å². The van der Waals surface area contributed by atoms with Gasteiger partial charge in [0.2, 0.25) is 5.91 Å². The number of fused-ring (bicyclic) bond motifs is 1. The van der Waals surface area contributed by atoms with Gasteiger partial charge in [-0.25, -0.2) is 4.79 Å². The zero-order valence-electron chi connectivity index (χ0n) is 13.4. The Morgan fingerprint density at radius 3 is 2.76 bits per heavy atom. The third-order valence-corrected chi connectivity index (χ3v) is 4.03. The van der Waals surface area contributed by atoms with Crippen LogP contribution < -0.4 is 11.1 Å². The van der Waals surface area contributed by atoms with Crippen LogP contribution in [0.1, 0.15) is 28.8 Å². The van der Waals surface area contributed by atoms with Gasteiger partial charge in [-0.15, -0.1) is 0 Å². The molecule has 3 aromatic rings. The number of hydrogen-bond donors (Lipinski definition) is 2. The minimum atomic E-state index is -0.573. The molecule has 128 valence electrons. The number of amides is 1. The second-order valence-electron chi connectivity index (χ2n) is 5.66. The van der Waals surface area contributed by atoms with E-state index in [4.69, 9.17) is 16.0 Å². The topological polar surface area (TPSA) is 92.2 Å². The van der Waals surface area contributed by atoms with E-state index in [2.05, 4.69) is 10.3 Å². The number of aromatic amines is 1. The summed E-state index contributed by atoms with van der Waals surface area (Å²) >= 11 is 5.92. The van der Waals surface area contributed by atoms with Crippen LogP contribution in [0.2, 0.25) is 5.02 Å². The maximum atomic E-state index is 12.2. The molecule has 0 aliphatic heterocycles. The highest BCUT2D eigenvalue weighted by Gasteiger charge is 2.12. The SMILES string of the molecule is Cc1ccc(Cl)cc1NC(=O)CCC(=O)c1ccc2[nH]c(=O)oc2c1. The summed E-state index contributed by atoms with van der Waals surface area (Å²) in [6.07, 6.45) is 0.0888. The highest BCUT2D eigenvalue weighted by molar-refractivity contribution is 6.31. The fraction of sp³-hybridized carbons (Fsp3) is 0.167. The number of carbonyl (C=O) groups is 2. The molecule has 0 atom stereocenters. The number of hydrogen-bond acceptors (Lipinski definition) is 4. The molecule has 0 radical (unpaired) electrons. The number of H-pyrrole nitrogens is 1. The van der Waals surface area contributed by atoms with Crippen molar-refractivity contribution in [2.75, 3.05) is 5.32 Å². The van der Waals surface area contributed by atoms with E-state index in [1.54, 1.807) is 24.3 Å². The number of anilines is 1. The van der Waals surface area contributed by atoms with Gasteiger partial charge < -0.3 is 9.73 Å². The standard InChI is InChI=1S/C18H15ClN2O4/c1-10-2-4-12(19)9-14(10)20-17(23)7-6-15(22)11-3-5-13-16(8-11)25-18(24)21-13/h2-5,8-9H,6-7H2,1H3,(H,20,23)(H,21,24). The summed E-state index contributed by atoms with van der Waals surface area (Å²) in [5.74, 6) is -1.05. The van der Waals surface area contributed by atoms with Gasteiger partial charge >= 0.3 is 5.76 Å². The lowest BCUT2D eigenvalue weighted by atomic mass is 10.1. The molecule has 0 saturated heterocycles. The van der Waals surface area contributed by atoms with Crippen LogP contribution in [0.15, 0.2) is 45.6 Å². The number of oxazole rings is 1. The highest BCUT2D eigenvalue weighted by Crippen LogP contribution is 2.20. The molecule has 2 aromatic carbocycles. The van der Waals surface area contributed by atoms with E-state index in [0.29, 0.717) is 27.4 Å². The van der Waals surface area contributed by atoms with Crippen molar-refractivity contribution in [3.05, 3.63) is 63.1 Å². The number of benzene rings is 2. The van der Waals surface area contributed by atoms with Gasteiger partial charge in [0.25, 0.3) is 0 Å². The van der Waals surface area contributed by atoms with Crippen molar-refractivity contribution in [2.45, 2.75) is 19.8 Å². The minimum Gasteiger partial charge on any atom is -0.408 e. The molecule has 1 heterocycles. The van der Waals surface area contributed by atoms with Gasteiger partial charge in [-0.1, -0.05) is 17.7 Å². The molecule has 0 unspecified atom stereocenters. The van der Waals surface area contributed by atoms with E-state index < -0.39 is 5.76 Å². The minimum absolute atomic E-state index is 0.0416. The van der Waals surface area contributed by atoms with Gasteiger partial charge in [-0.05, 0) is 42.8 Å². The molecule has 0 aliphatic carbocycles. The summed E-state index contributed by atoms with van der Waals surface area (Å²) in [5.41, 5.74) is 2.74.